The van der Waals surface area contributed by atoms with Crippen LogP contribution >= 0.6 is 0 Å². The number of hydrogen-bond donors (Lipinski definition) is 2. The van der Waals surface area contributed by atoms with Crippen molar-refractivity contribution in [2.45, 2.75) is 19.5 Å². The highest BCUT2D eigenvalue weighted by molar-refractivity contribution is 5.95. The van der Waals surface area contributed by atoms with Crippen LogP contribution in [0.1, 0.15) is 12.5 Å². The van der Waals surface area contributed by atoms with E-state index in [0.29, 0.717) is 11.4 Å². The van der Waals surface area contributed by atoms with Gasteiger partial charge >= 0.3 is 0 Å². The Hall–Kier alpha value is -2.85. The Bertz CT molecular complexity index is 907. The van der Waals surface area contributed by atoms with Crippen LogP contribution in [-0.4, -0.2) is 26.1 Å². The Morgan fingerprint density at radius 1 is 1.04 bits per heavy atom. The first-order chi connectivity index (χ1) is 12.6. The lowest BCUT2D eigenvalue weighted by molar-refractivity contribution is -0.907. The molecule has 26 heavy (non-hydrogen) atoms. The summed E-state index contributed by atoms with van der Waals surface area (Å²) < 4.78 is 5.30. The Balaban J connectivity index is 1.68. The molecule has 4 nitrogen and oxygen atoms in total. The summed E-state index contributed by atoms with van der Waals surface area (Å²) in [4.78, 5) is 13.8. The molecule has 1 unspecified atom stereocenters. The average Bonchev–Trinajstić information content (AvgIpc) is 2.67. The van der Waals surface area contributed by atoms with Crippen LogP contribution in [0.15, 0.2) is 66.7 Å². The van der Waals surface area contributed by atoms with Gasteiger partial charge in [0.25, 0.3) is 5.91 Å². The molecule has 3 aromatic rings. The van der Waals surface area contributed by atoms with Gasteiger partial charge in [-0.1, -0.05) is 48.5 Å². The van der Waals surface area contributed by atoms with Crippen LogP contribution in [0.5, 0.6) is 5.75 Å². The summed E-state index contributed by atoms with van der Waals surface area (Å²) in [6.07, 6.45) is 0. The number of fused-ring (bicyclic) bond motifs is 1. The fourth-order valence-electron chi connectivity index (χ4n) is 3.04. The predicted octanol–water partition coefficient (Wildman–Crippen LogP) is 2.89. The smallest absolute Gasteiger partial charge is 0.282 e. The predicted molar refractivity (Wildman–Crippen MR) is 106 cm³/mol. The van der Waals surface area contributed by atoms with E-state index in [1.54, 1.807) is 7.11 Å². The molecule has 3 rings (SSSR count). The molecule has 0 aliphatic carbocycles. The molecule has 0 saturated heterocycles. The number of likely N-dealkylation sites (N-methyl/N-ethyl adjacent to an activating group) is 1. The minimum atomic E-state index is -0.189. The van der Waals surface area contributed by atoms with E-state index in [4.69, 9.17) is 4.74 Å². The molecule has 0 bridgehead atoms. The molecule has 0 spiro atoms. The van der Waals surface area contributed by atoms with Crippen LogP contribution in [0.25, 0.3) is 10.8 Å². The maximum absolute atomic E-state index is 12.6. The topological polar surface area (TPSA) is 42.8 Å². The zero-order valence-corrected chi connectivity index (χ0v) is 15.5. The second-order valence-corrected chi connectivity index (χ2v) is 6.62. The number of methoxy groups -OCH3 is 1. The summed E-state index contributed by atoms with van der Waals surface area (Å²) >= 11 is 0. The fourth-order valence-corrected chi connectivity index (χ4v) is 3.04. The largest absolute Gasteiger partial charge is 0.495 e. The molecule has 0 aliphatic rings. The monoisotopic (exact) mass is 349 g/mol. The molecule has 2 atom stereocenters. The van der Waals surface area contributed by atoms with Gasteiger partial charge < -0.3 is 15.0 Å². The maximum Gasteiger partial charge on any atom is 0.282 e. The zero-order chi connectivity index (χ0) is 18.5. The van der Waals surface area contributed by atoms with E-state index in [-0.39, 0.29) is 11.9 Å². The molecule has 4 heteroatoms. The van der Waals surface area contributed by atoms with Gasteiger partial charge in [-0.25, -0.2) is 0 Å². The van der Waals surface area contributed by atoms with Gasteiger partial charge in [0.15, 0.2) is 6.04 Å². The SMILES string of the molecule is COc1ccccc1NC(=O)[C@H](C)[NH+](C)Cc1ccc2ccccc2c1. The Labute approximate surface area is 154 Å². The van der Waals surface area contributed by atoms with Crippen molar-refractivity contribution in [2.24, 2.45) is 0 Å². The minimum absolute atomic E-state index is 0.0206. The number of nitrogens with one attached hydrogen (secondary N) is 2. The van der Waals surface area contributed by atoms with Crippen molar-refractivity contribution in [2.75, 3.05) is 19.5 Å². The van der Waals surface area contributed by atoms with Crippen LogP contribution in [0, 0.1) is 0 Å². The van der Waals surface area contributed by atoms with E-state index in [1.807, 2.05) is 50.4 Å². The third-order valence-corrected chi connectivity index (χ3v) is 4.79. The highest BCUT2D eigenvalue weighted by Crippen LogP contribution is 2.23. The van der Waals surface area contributed by atoms with Crippen LogP contribution in [0.2, 0.25) is 0 Å². The van der Waals surface area contributed by atoms with Crippen molar-refractivity contribution < 1.29 is 14.4 Å². The minimum Gasteiger partial charge on any atom is -0.495 e. The lowest BCUT2D eigenvalue weighted by atomic mass is 10.1. The molecule has 1 amide bonds. The molecule has 3 aromatic carbocycles. The normalized spacial score (nSPS) is 13.2. The van der Waals surface area contributed by atoms with E-state index in [2.05, 4.69) is 35.6 Å². The second-order valence-electron chi connectivity index (χ2n) is 6.62. The van der Waals surface area contributed by atoms with Crippen molar-refractivity contribution >= 4 is 22.4 Å². The first kappa shape index (κ1) is 18.0. The van der Waals surface area contributed by atoms with Crippen LogP contribution in [-0.2, 0) is 11.3 Å². The molecule has 0 heterocycles. The van der Waals surface area contributed by atoms with Gasteiger partial charge in [-0.3, -0.25) is 4.79 Å². The highest BCUT2D eigenvalue weighted by atomic mass is 16.5. The number of amides is 1. The molecule has 0 fully saturated rings. The summed E-state index contributed by atoms with van der Waals surface area (Å²) in [7, 11) is 3.65. The standard InChI is InChI=1S/C22H24N2O2/c1-16(22(25)23-20-10-6-7-11-21(20)26-3)24(2)15-17-12-13-18-8-4-5-9-19(18)14-17/h4-14,16H,15H2,1-3H3,(H,23,25)/p+1/t16-/m0/s1. The highest BCUT2D eigenvalue weighted by Gasteiger charge is 2.23. The van der Waals surface area contributed by atoms with Crippen molar-refractivity contribution in [3.63, 3.8) is 0 Å². The third-order valence-electron chi connectivity index (χ3n) is 4.79. The maximum atomic E-state index is 12.6. The van der Waals surface area contributed by atoms with E-state index in [0.717, 1.165) is 11.4 Å². The fraction of sp³-hybridized carbons (Fsp3) is 0.227. The molecule has 0 radical (unpaired) electrons. The van der Waals surface area contributed by atoms with Crippen molar-refractivity contribution in [3.05, 3.63) is 72.3 Å². The second kappa shape index (κ2) is 8.02. The van der Waals surface area contributed by atoms with Gasteiger partial charge in [-0.05, 0) is 35.9 Å². The molecule has 0 aliphatic heterocycles. The quantitative estimate of drug-likeness (QED) is 0.719. The summed E-state index contributed by atoms with van der Waals surface area (Å²) in [5, 5.41) is 5.43. The van der Waals surface area contributed by atoms with E-state index < -0.39 is 0 Å². The summed E-state index contributed by atoms with van der Waals surface area (Å²) in [6, 6.07) is 22.1. The third kappa shape index (κ3) is 4.03. The van der Waals surface area contributed by atoms with Crippen molar-refractivity contribution in [3.8, 4) is 5.75 Å². The Kier molecular flexibility index (Phi) is 5.54. The van der Waals surface area contributed by atoms with Gasteiger partial charge in [0.2, 0.25) is 0 Å². The van der Waals surface area contributed by atoms with E-state index in [9.17, 15) is 4.79 Å². The number of anilines is 1. The van der Waals surface area contributed by atoms with E-state index in [1.165, 1.54) is 16.3 Å². The van der Waals surface area contributed by atoms with Crippen molar-refractivity contribution in [1.82, 2.24) is 0 Å². The lowest BCUT2D eigenvalue weighted by Gasteiger charge is -2.22. The Morgan fingerprint density at radius 2 is 1.73 bits per heavy atom. The van der Waals surface area contributed by atoms with Crippen LogP contribution in [0.3, 0.4) is 0 Å². The van der Waals surface area contributed by atoms with Crippen LogP contribution in [0.4, 0.5) is 5.69 Å². The number of hydrogen-bond acceptors (Lipinski definition) is 2. The number of rotatable bonds is 6. The zero-order valence-electron chi connectivity index (χ0n) is 15.5. The van der Waals surface area contributed by atoms with Crippen LogP contribution < -0.4 is 15.0 Å². The molecular formula is C22H25N2O2+. The summed E-state index contributed by atoms with van der Waals surface area (Å²) in [6.45, 7) is 2.73. The average molecular weight is 349 g/mol. The molecule has 134 valence electrons. The number of benzene rings is 3. The van der Waals surface area contributed by atoms with Gasteiger partial charge in [0.05, 0.1) is 19.8 Å². The van der Waals surface area contributed by atoms with Gasteiger partial charge in [0, 0.05) is 5.56 Å². The summed E-state index contributed by atoms with van der Waals surface area (Å²) in [5.41, 5.74) is 1.92. The first-order valence-electron chi connectivity index (χ1n) is 8.82. The Morgan fingerprint density at radius 3 is 2.50 bits per heavy atom. The number of carbonyl (C=O) groups excluding carboxylic acids is 1. The molecular weight excluding hydrogens is 324 g/mol. The molecule has 0 saturated carbocycles. The van der Waals surface area contributed by atoms with E-state index >= 15 is 0 Å². The lowest BCUT2D eigenvalue weighted by Crippen LogP contribution is -3.12. The van der Waals surface area contributed by atoms with Crippen molar-refractivity contribution in [1.29, 1.82) is 0 Å². The number of quaternary nitrogens is 1. The number of para-hydroxylation sites is 2. The molecule has 0 aromatic heterocycles. The van der Waals surface area contributed by atoms with Gasteiger partial charge in [0.1, 0.15) is 12.3 Å². The number of carbonyl (C=O) groups is 1. The number of ether oxygens (including phenoxy) is 1. The summed E-state index contributed by atoms with van der Waals surface area (Å²) in [5.74, 6) is 0.646. The first-order valence-corrected chi connectivity index (χ1v) is 8.82. The molecule has 2 N–H and O–H groups in total. The van der Waals surface area contributed by atoms with Gasteiger partial charge in [-0.15, -0.1) is 0 Å². The van der Waals surface area contributed by atoms with Gasteiger partial charge in [-0.2, -0.15) is 0 Å².